The third-order valence-electron chi connectivity index (χ3n) is 4.07. The number of methoxy groups -OCH3 is 2. The Balaban J connectivity index is 2.11. The van der Waals surface area contributed by atoms with Gasteiger partial charge in [0.1, 0.15) is 11.8 Å². The van der Waals surface area contributed by atoms with E-state index in [1.165, 1.54) is 11.1 Å². The summed E-state index contributed by atoms with van der Waals surface area (Å²) < 4.78 is 10.8. The Morgan fingerprint density at radius 3 is 2.48 bits per heavy atom. The van der Waals surface area contributed by atoms with Crippen molar-refractivity contribution in [1.82, 2.24) is 0 Å². The molecule has 0 amide bonds. The third-order valence-corrected chi connectivity index (χ3v) is 4.07. The van der Waals surface area contributed by atoms with Gasteiger partial charge in [0.2, 0.25) is 0 Å². The number of fused-ring (bicyclic) bond motifs is 1. The molecule has 0 aromatic heterocycles. The van der Waals surface area contributed by atoms with Crippen LogP contribution < -0.4 is 14.8 Å². The molecule has 3 rings (SSSR count). The van der Waals surface area contributed by atoms with E-state index in [2.05, 4.69) is 5.32 Å². The number of ether oxygens (including phenoxy) is 2. The fourth-order valence-electron chi connectivity index (χ4n) is 3.02. The van der Waals surface area contributed by atoms with Gasteiger partial charge in [-0.1, -0.05) is 12.1 Å². The van der Waals surface area contributed by atoms with E-state index in [9.17, 15) is 5.11 Å². The van der Waals surface area contributed by atoms with Gasteiger partial charge in [0.25, 0.3) is 0 Å². The zero-order valence-electron chi connectivity index (χ0n) is 12.3. The fourth-order valence-corrected chi connectivity index (χ4v) is 3.02. The van der Waals surface area contributed by atoms with Crippen LogP contribution in [0.25, 0.3) is 0 Å². The van der Waals surface area contributed by atoms with Gasteiger partial charge in [-0.15, -0.1) is 0 Å². The van der Waals surface area contributed by atoms with Crippen molar-refractivity contribution in [3.05, 3.63) is 53.1 Å². The maximum absolute atomic E-state index is 10.1. The second-order valence-corrected chi connectivity index (χ2v) is 5.22. The van der Waals surface area contributed by atoms with Crippen LogP contribution in [0.4, 0.5) is 0 Å². The van der Waals surface area contributed by atoms with Crippen LogP contribution in [0, 0.1) is 0 Å². The third kappa shape index (κ3) is 2.43. The molecule has 1 aliphatic heterocycles. The summed E-state index contributed by atoms with van der Waals surface area (Å²) in [5, 5.41) is 12.4. The molecule has 110 valence electrons. The Bertz CT molecular complexity index is 654. The number of phenols is 1. The van der Waals surface area contributed by atoms with E-state index in [0.717, 1.165) is 30.0 Å². The number of benzene rings is 2. The normalized spacial score (nSPS) is 17.1. The maximum atomic E-state index is 10.1. The summed E-state index contributed by atoms with van der Waals surface area (Å²) in [6.07, 6.45) is 0.986. The van der Waals surface area contributed by atoms with Crippen LogP contribution in [0.5, 0.6) is 17.2 Å². The minimum Gasteiger partial charge on any atom is -0.507 e. The monoisotopic (exact) mass is 286 g/mol. The number of aromatic hydroxyl groups is 1. The average Bonchev–Trinajstić information content (AvgIpc) is 2.53. The Kier molecular flexibility index (Phi) is 3.71. The van der Waals surface area contributed by atoms with Crippen molar-refractivity contribution in [3.8, 4) is 17.2 Å². The highest BCUT2D eigenvalue weighted by Crippen LogP contribution is 2.37. The van der Waals surface area contributed by atoms with Gasteiger partial charge >= 0.3 is 0 Å². The maximum Gasteiger partial charge on any atom is 0.161 e. The van der Waals surface area contributed by atoms with Crippen LogP contribution in [0.1, 0.15) is 22.7 Å². The minimum absolute atomic E-state index is 0.0924. The van der Waals surface area contributed by atoms with E-state index in [1.807, 2.05) is 30.3 Å². The van der Waals surface area contributed by atoms with E-state index in [4.69, 9.17) is 9.47 Å². The van der Waals surface area contributed by atoms with E-state index in [-0.39, 0.29) is 6.04 Å². The van der Waals surface area contributed by atoms with E-state index in [1.54, 1.807) is 20.3 Å². The molecule has 0 saturated heterocycles. The lowest BCUT2D eigenvalue weighted by Gasteiger charge is -2.26. The first-order valence-corrected chi connectivity index (χ1v) is 7.10. The molecule has 2 aromatic carbocycles. The SMILES string of the molecule is COc1cc2c(cc1OC)[C@@H](c1ccccc1O)[NH2+]CC2. The van der Waals surface area contributed by atoms with Gasteiger partial charge in [-0.05, 0) is 29.8 Å². The number of quaternary nitrogens is 1. The van der Waals surface area contributed by atoms with Crippen molar-refractivity contribution in [3.63, 3.8) is 0 Å². The topological polar surface area (TPSA) is 55.3 Å². The lowest BCUT2D eigenvalue weighted by atomic mass is 9.89. The summed E-state index contributed by atoms with van der Waals surface area (Å²) >= 11 is 0. The van der Waals surface area contributed by atoms with Gasteiger partial charge in [0.05, 0.1) is 26.3 Å². The molecule has 0 fully saturated rings. The first-order chi connectivity index (χ1) is 10.2. The zero-order valence-corrected chi connectivity index (χ0v) is 12.3. The van der Waals surface area contributed by atoms with Gasteiger partial charge in [0, 0.05) is 12.0 Å². The summed E-state index contributed by atoms with van der Waals surface area (Å²) in [6, 6.07) is 11.7. The second kappa shape index (κ2) is 5.66. The van der Waals surface area contributed by atoms with Crippen molar-refractivity contribution >= 4 is 0 Å². The van der Waals surface area contributed by atoms with E-state index >= 15 is 0 Å². The molecule has 0 bridgehead atoms. The molecular formula is C17H20NO3+. The summed E-state index contributed by atoms with van der Waals surface area (Å²) in [5.74, 6) is 1.82. The number of phenolic OH excluding ortho intramolecular Hbond substituents is 1. The molecule has 0 spiro atoms. The molecule has 21 heavy (non-hydrogen) atoms. The van der Waals surface area contributed by atoms with Gasteiger partial charge < -0.3 is 19.9 Å². The van der Waals surface area contributed by atoms with Crippen LogP contribution in [-0.4, -0.2) is 25.9 Å². The molecule has 0 radical (unpaired) electrons. The molecule has 1 heterocycles. The van der Waals surface area contributed by atoms with Crippen LogP contribution in [-0.2, 0) is 6.42 Å². The molecule has 4 nitrogen and oxygen atoms in total. The molecule has 0 unspecified atom stereocenters. The summed E-state index contributed by atoms with van der Waals surface area (Å²) in [5.41, 5.74) is 3.37. The lowest BCUT2D eigenvalue weighted by Crippen LogP contribution is -2.87. The van der Waals surface area contributed by atoms with Crippen LogP contribution >= 0.6 is 0 Å². The Morgan fingerprint density at radius 1 is 1.05 bits per heavy atom. The van der Waals surface area contributed by atoms with Gasteiger partial charge in [-0.3, -0.25) is 0 Å². The van der Waals surface area contributed by atoms with Gasteiger partial charge in [-0.2, -0.15) is 0 Å². The molecular weight excluding hydrogens is 266 g/mol. The van der Waals surface area contributed by atoms with Crippen molar-refractivity contribution in [2.24, 2.45) is 0 Å². The Hall–Kier alpha value is -2.20. The highest BCUT2D eigenvalue weighted by atomic mass is 16.5. The number of hydrogen-bond acceptors (Lipinski definition) is 3. The first-order valence-electron chi connectivity index (χ1n) is 7.10. The molecule has 4 heteroatoms. The van der Waals surface area contributed by atoms with Crippen molar-refractivity contribution in [1.29, 1.82) is 0 Å². The quantitative estimate of drug-likeness (QED) is 0.901. The molecule has 0 saturated carbocycles. The summed E-state index contributed by atoms with van der Waals surface area (Å²) in [7, 11) is 3.30. The van der Waals surface area contributed by atoms with Gasteiger partial charge in [-0.25, -0.2) is 0 Å². The lowest BCUT2D eigenvalue weighted by molar-refractivity contribution is -0.690. The predicted molar refractivity (Wildman–Crippen MR) is 80.0 cm³/mol. The summed E-state index contributed by atoms with van der Waals surface area (Å²) in [4.78, 5) is 0. The van der Waals surface area contributed by atoms with Gasteiger partial charge in [0.15, 0.2) is 11.5 Å². The fraction of sp³-hybridized carbons (Fsp3) is 0.294. The standard InChI is InChI=1S/C17H19NO3/c1-20-15-9-11-7-8-18-17(13(11)10-16(15)21-2)12-5-3-4-6-14(12)19/h3-6,9-10,17-19H,7-8H2,1-2H3/p+1/t17-/m1/s1. The largest absolute Gasteiger partial charge is 0.507 e. The molecule has 0 aliphatic carbocycles. The Labute approximate surface area is 124 Å². The highest BCUT2D eigenvalue weighted by Gasteiger charge is 2.28. The summed E-state index contributed by atoms with van der Waals surface area (Å²) in [6.45, 7) is 0.988. The number of rotatable bonds is 3. The van der Waals surface area contributed by atoms with Crippen molar-refractivity contribution < 1.29 is 19.9 Å². The Morgan fingerprint density at radius 2 is 1.76 bits per heavy atom. The minimum atomic E-state index is 0.0924. The van der Waals surface area contributed by atoms with Crippen LogP contribution in [0.3, 0.4) is 0 Å². The van der Waals surface area contributed by atoms with Crippen LogP contribution in [0.15, 0.2) is 36.4 Å². The average molecular weight is 286 g/mol. The molecule has 1 atom stereocenters. The predicted octanol–water partition coefficient (Wildman–Crippen LogP) is 1.62. The number of hydrogen-bond donors (Lipinski definition) is 2. The van der Waals surface area contributed by atoms with E-state index < -0.39 is 0 Å². The van der Waals surface area contributed by atoms with E-state index in [0.29, 0.717) is 5.75 Å². The van der Waals surface area contributed by atoms with Crippen molar-refractivity contribution in [2.45, 2.75) is 12.5 Å². The smallest absolute Gasteiger partial charge is 0.161 e. The molecule has 2 aromatic rings. The highest BCUT2D eigenvalue weighted by molar-refractivity contribution is 5.51. The van der Waals surface area contributed by atoms with Crippen LogP contribution in [0.2, 0.25) is 0 Å². The van der Waals surface area contributed by atoms with Crippen molar-refractivity contribution in [2.75, 3.05) is 20.8 Å². The molecule has 3 N–H and O–H groups in total. The second-order valence-electron chi connectivity index (χ2n) is 5.22. The molecule has 1 aliphatic rings. The zero-order chi connectivity index (χ0) is 14.8. The number of para-hydroxylation sites is 1. The first kappa shape index (κ1) is 13.8. The number of nitrogens with two attached hydrogens (primary N) is 1.